The number of amides is 2. The van der Waals surface area contributed by atoms with E-state index in [1.807, 2.05) is 0 Å². The maximum atomic E-state index is 12.3. The molecule has 1 aliphatic rings. The number of aromatic nitrogens is 1. The lowest BCUT2D eigenvalue weighted by Gasteiger charge is -2.06. The Bertz CT molecular complexity index is 706. The summed E-state index contributed by atoms with van der Waals surface area (Å²) in [5.74, 6) is -0.372. The molecule has 2 amide bonds. The number of hydrogen-bond acceptors (Lipinski definition) is 4. The van der Waals surface area contributed by atoms with Crippen molar-refractivity contribution < 1.29 is 9.59 Å². The standard InChI is InChI=1S/C16H17N3O2S.ClH/c1-10(20)17-12-6-4-5-11(9-12)15(21)19-16-18-13-7-2-3-8-14(13)22-16;/h4-6,9H,2-3,7-8H2,1H3,(H,17,20)(H,18,19,21);1H. The quantitative estimate of drug-likeness (QED) is 0.886. The monoisotopic (exact) mass is 351 g/mol. The first-order valence-electron chi connectivity index (χ1n) is 7.29. The Kier molecular flexibility index (Phi) is 5.74. The third-order valence-corrected chi connectivity index (χ3v) is 4.58. The Morgan fingerprint density at radius 3 is 2.70 bits per heavy atom. The van der Waals surface area contributed by atoms with Gasteiger partial charge in [0, 0.05) is 23.1 Å². The number of carbonyl (C=O) groups is 2. The molecule has 2 N–H and O–H groups in total. The van der Waals surface area contributed by atoms with E-state index in [-0.39, 0.29) is 24.2 Å². The van der Waals surface area contributed by atoms with Crippen LogP contribution >= 0.6 is 23.7 Å². The first-order valence-corrected chi connectivity index (χ1v) is 8.11. The summed E-state index contributed by atoms with van der Waals surface area (Å²) in [6.07, 6.45) is 4.42. The van der Waals surface area contributed by atoms with Crippen LogP contribution in [0, 0.1) is 0 Å². The largest absolute Gasteiger partial charge is 0.326 e. The molecule has 0 bridgehead atoms. The average molecular weight is 352 g/mol. The summed E-state index contributed by atoms with van der Waals surface area (Å²) in [6, 6.07) is 6.87. The molecule has 0 spiro atoms. The predicted octanol–water partition coefficient (Wildman–Crippen LogP) is 3.65. The zero-order chi connectivity index (χ0) is 15.5. The number of fused-ring (bicyclic) bond motifs is 1. The second-order valence-corrected chi connectivity index (χ2v) is 6.40. The van der Waals surface area contributed by atoms with Gasteiger partial charge < -0.3 is 5.32 Å². The van der Waals surface area contributed by atoms with Crippen LogP contribution in [0.3, 0.4) is 0 Å². The lowest BCUT2D eigenvalue weighted by atomic mass is 10.0. The van der Waals surface area contributed by atoms with Gasteiger partial charge in [-0.3, -0.25) is 14.9 Å². The highest BCUT2D eigenvalue weighted by Crippen LogP contribution is 2.29. The molecule has 0 saturated carbocycles. The van der Waals surface area contributed by atoms with Crippen LogP contribution in [-0.2, 0) is 17.6 Å². The van der Waals surface area contributed by atoms with E-state index in [4.69, 9.17) is 0 Å². The highest BCUT2D eigenvalue weighted by molar-refractivity contribution is 7.15. The number of thiazole rings is 1. The number of anilines is 2. The topological polar surface area (TPSA) is 71.1 Å². The van der Waals surface area contributed by atoms with Gasteiger partial charge in [-0.2, -0.15) is 0 Å². The molecule has 23 heavy (non-hydrogen) atoms. The lowest BCUT2D eigenvalue weighted by molar-refractivity contribution is -0.114. The molecule has 0 radical (unpaired) electrons. The van der Waals surface area contributed by atoms with Crippen molar-refractivity contribution >= 4 is 46.4 Å². The van der Waals surface area contributed by atoms with Crippen LogP contribution in [0.4, 0.5) is 10.8 Å². The van der Waals surface area contributed by atoms with Crippen molar-refractivity contribution in [3.05, 3.63) is 40.4 Å². The van der Waals surface area contributed by atoms with Crippen molar-refractivity contribution in [2.24, 2.45) is 0 Å². The summed E-state index contributed by atoms with van der Waals surface area (Å²) in [4.78, 5) is 29.2. The molecule has 1 aliphatic carbocycles. The maximum absolute atomic E-state index is 12.3. The summed E-state index contributed by atoms with van der Waals surface area (Å²) in [7, 11) is 0. The zero-order valence-corrected chi connectivity index (χ0v) is 14.4. The molecular weight excluding hydrogens is 334 g/mol. The maximum Gasteiger partial charge on any atom is 0.257 e. The Labute approximate surface area is 144 Å². The van der Waals surface area contributed by atoms with E-state index in [1.54, 1.807) is 35.6 Å². The van der Waals surface area contributed by atoms with Crippen molar-refractivity contribution in [2.45, 2.75) is 32.6 Å². The molecule has 1 aromatic heterocycles. The number of benzene rings is 1. The van der Waals surface area contributed by atoms with Crippen molar-refractivity contribution in [1.29, 1.82) is 0 Å². The van der Waals surface area contributed by atoms with Crippen LogP contribution in [0.1, 0.15) is 40.7 Å². The summed E-state index contributed by atoms with van der Waals surface area (Å²) >= 11 is 1.56. The van der Waals surface area contributed by atoms with Crippen molar-refractivity contribution in [3.8, 4) is 0 Å². The number of carbonyl (C=O) groups excluding carboxylic acids is 2. The second-order valence-electron chi connectivity index (χ2n) is 5.31. The highest BCUT2D eigenvalue weighted by atomic mass is 35.5. The van der Waals surface area contributed by atoms with Crippen LogP contribution in [0.2, 0.25) is 0 Å². The summed E-state index contributed by atoms with van der Waals surface area (Å²) in [6.45, 7) is 1.44. The van der Waals surface area contributed by atoms with Crippen molar-refractivity contribution in [3.63, 3.8) is 0 Å². The molecule has 0 atom stereocenters. The van der Waals surface area contributed by atoms with E-state index >= 15 is 0 Å². The smallest absolute Gasteiger partial charge is 0.257 e. The van der Waals surface area contributed by atoms with Crippen LogP contribution in [0.15, 0.2) is 24.3 Å². The molecule has 7 heteroatoms. The molecule has 1 heterocycles. The molecule has 0 saturated heterocycles. The number of halogens is 1. The average Bonchev–Trinajstić information content (AvgIpc) is 2.89. The Morgan fingerprint density at radius 1 is 1.17 bits per heavy atom. The lowest BCUT2D eigenvalue weighted by Crippen LogP contribution is -2.13. The van der Waals surface area contributed by atoms with Gasteiger partial charge in [0.05, 0.1) is 5.69 Å². The fourth-order valence-corrected chi connectivity index (χ4v) is 3.56. The normalized spacial score (nSPS) is 12.7. The van der Waals surface area contributed by atoms with E-state index in [0.29, 0.717) is 16.4 Å². The number of hydrogen-bond donors (Lipinski definition) is 2. The molecule has 2 aromatic rings. The van der Waals surface area contributed by atoms with E-state index in [1.165, 1.54) is 24.6 Å². The van der Waals surface area contributed by atoms with Gasteiger partial charge in [0.1, 0.15) is 0 Å². The first kappa shape index (κ1) is 17.4. The molecule has 0 aliphatic heterocycles. The van der Waals surface area contributed by atoms with Gasteiger partial charge in [0.25, 0.3) is 5.91 Å². The van der Waals surface area contributed by atoms with Crippen molar-refractivity contribution in [2.75, 3.05) is 10.6 Å². The van der Waals surface area contributed by atoms with Gasteiger partial charge in [-0.15, -0.1) is 23.7 Å². The number of rotatable bonds is 3. The number of nitrogens with zero attached hydrogens (tertiary/aromatic N) is 1. The second kappa shape index (κ2) is 7.57. The van der Waals surface area contributed by atoms with E-state index in [0.717, 1.165) is 18.5 Å². The van der Waals surface area contributed by atoms with Gasteiger partial charge in [-0.1, -0.05) is 6.07 Å². The SMILES string of the molecule is CC(=O)Nc1cccc(C(=O)Nc2nc3c(s2)CCCC3)c1.Cl. The van der Waals surface area contributed by atoms with Gasteiger partial charge in [0.2, 0.25) is 5.91 Å². The fourth-order valence-electron chi connectivity index (χ4n) is 2.52. The first-order chi connectivity index (χ1) is 10.6. The predicted molar refractivity (Wildman–Crippen MR) is 94.7 cm³/mol. The molecule has 0 fully saturated rings. The molecule has 3 rings (SSSR count). The molecule has 0 unspecified atom stereocenters. The van der Waals surface area contributed by atoms with Crippen LogP contribution in [0.5, 0.6) is 0 Å². The van der Waals surface area contributed by atoms with Gasteiger partial charge in [0.15, 0.2) is 5.13 Å². The van der Waals surface area contributed by atoms with Gasteiger partial charge in [-0.25, -0.2) is 4.98 Å². The summed E-state index contributed by atoms with van der Waals surface area (Å²) < 4.78 is 0. The highest BCUT2D eigenvalue weighted by Gasteiger charge is 2.17. The van der Waals surface area contributed by atoms with Crippen LogP contribution in [-0.4, -0.2) is 16.8 Å². The third-order valence-electron chi connectivity index (χ3n) is 3.51. The molecule has 5 nitrogen and oxygen atoms in total. The Hall–Kier alpha value is -1.92. The van der Waals surface area contributed by atoms with Crippen LogP contribution < -0.4 is 10.6 Å². The summed E-state index contributed by atoms with van der Waals surface area (Å²) in [5.41, 5.74) is 2.23. The van der Waals surface area contributed by atoms with E-state index in [9.17, 15) is 9.59 Å². The van der Waals surface area contributed by atoms with Gasteiger partial charge in [-0.05, 0) is 43.9 Å². The molecular formula is C16H18ClN3O2S. The van der Waals surface area contributed by atoms with Crippen LogP contribution in [0.25, 0.3) is 0 Å². The minimum atomic E-state index is -0.210. The Balaban J connectivity index is 0.00000192. The van der Waals surface area contributed by atoms with Gasteiger partial charge >= 0.3 is 0 Å². The third kappa shape index (κ3) is 4.30. The Morgan fingerprint density at radius 2 is 1.96 bits per heavy atom. The number of nitrogens with one attached hydrogen (secondary N) is 2. The minimum Gasteiger partial charge on any atom is -0.326 e. The summed E-state index contributed by atoms with van der Waals surface area (Å²) in [5, 5.41) is 6.18. The zero-order valence-electron chi connectivity index (χ0n) is 12.7. The molecule has 122 valence electrons. The number of aryl methyl sites for hydroxylation is 2. The molecule has 1 aromatic carbocycles. The van der Waals surface area contributed by atoms with E-state index < -0.39 is 0 Å². The fraction of sp³-hybridized carbons (Fsp3) is 0.312. The van der Waals surface area contributed by atoms with Crippen molar-refractivity contribution in [1.82, 2.24) is 4.98 Å². The van der Waals surface area contributed by atoms with E-state index in [2.05, 4.69) is 15.6 Å². The minimum absolute atomic E-state index is 0.